The highest BCUT2D eigenvalue weighted by molar-refractivity contribution is 5.33. The molecule has 0 radical (unpaired) electrons. The van der Waals surface area contributed by atoms with Crippen molar-refractivity contribution < 1.29 is 9.47 Å². The number of hydrogen-bond acceptors (Lipinski definition) is 7. The molecule has 2 aliphatic rings. The fourth-order valence-corrected chi connectivity index (χ4v) is 3.75. The molecular weight excluding hydrogens is 368 g/mol. The van der Waals surface area contributed by atoms with Gasteiger partial charge in [0.05, 0.1) is 24.2 Å². The third kappa shape index (κ3) is 3.61. The Hall–Kier alpha value is -2.84. The quantitative estimate of drug-likeness (QED) is 0.659. The molecular formula is C21H24N6O2. The molecule has 0 spiro atoms. The molecule has 0 amide bonds. The summed E-state index contributed by atoms with van der Waals surface area (Å²) in [6, 6.07) is 6.00. The topological polar surface area (TPSA) is 78.2 Å². The Morgan fingerprint density at radius 1 is 1.17 bits per heavy atom. The number of fused-ring (bicyclic) bond motifs is 1. The number of nitrogens with zero attached hydrogens (tertiary/aromatic N) is 6. The summed E-state index contributed by atoms with van der Waals surface area (Å²) in [5, 5.41) is 8.45. The molecule has 0 saturated carbocycles. The summed E-state index contributed by atoms with van der Waals surface area (Å²) in [6.45, 7) is 7.02. The molecule has 0 aliphatic carbocycles. The Bertz CT molecular complexity index is 1010. The molecule has 8 nitrogen and oxygen atoms in total. The summed E-state index contributed by atoms with van der Waals surface area (Å²) in [5.41, 5.74) is 6.11. The van der Waals surface area contributed by atoms with Crippen LogP contribution in [0.5, 0.6) is 5.88 Å². The van der Waals surface area contributed by atoms with Crippen molar-refractivity contribution in [1.29, 1.82) is 0 Å². The molecule has 3 aromatic rings. The summed E-state index contributed by atoms with van der Waals surface area (Å²) in [4.78, 5) is 11.3. The molecule has 29 heavy (non-hydrogen) atoms. The first-order chi connectivity index (χ1) is 14.2. The summed E-state index contributed by atoms with van der Waals surface area (Å²) >= 11 is 0. The first kappa shape index (κ1) is 18.2. The number of rotatable bonds is 5. The maximum atomic E-state index is 6.02. The Labute approximate surface area is 169 Å². The van der Waals surface area contributed by atoms with Crippen LogP contribution in [0.1, 0.15) is 34.6 Å². The molecule has 0 aromatic carbocycles. The Morgan fingerprint density at radius 2 is 2.07 bits per heavy atom. The van der Waals surface area contributed by atoms with Crippen molar-refractivity contribution >= 4 is 0 Å². The predicted octanol–water partition coefficient (Wildman–Crippen LogP) is 2.36. The summed E-state index contributed by atoms with van der Waals surface area (Å²) in [5.74, 6) is 0.631. The van der Waals surface area contributed by atoms with Gasteiger partial charge in [0.15, 0.2) is 0 Å². The van der Waals surface area contributed by atoms with Crippen LogP contribution < -0.4 is 4.74 Å². The highest BCUT2D eigenvalue weighted by Gasteiger charge is 2.29. The maximum absolute atomic E-state index is 6.02. The maximum Gasteiger partial charge on any atom is 0.213 e. The lowest BCUT2D eigenvalue weighted by Crippen LogP contribution is -2.46. The first-order valence-electron chi connectivity index (χ1n) is 9.98. The van der Waals surface area contributed by atoms with Crippen molar-refractivity contribution in [3.05, 3.63) is 58.8 Å². The summed E-state index contributed by atoms with van der Waals surface area (Å²) in [7, 11) is 0. The monoisotopic (exact) mass is 392 g/mol. The number of aryl methyl sites for hydroxylation is 2. The van der Waals surface area contributed by atoms with E-state index in [2.05, 4.69) is 31.2 Å². The molecule has 5 rings (SSSR count). The number of ether oxygens (including phenoxy) is 2. The van der Waals surface area contributed by atoms with Crippen molar-refractivity contribution in [3.63, 3.8) is 0 Å². The van der Waals surface area contributed by atoms with Crippen LogP contribution in [0.2, 0.25) is 0 Å². The normalized spacial score (nSPS) is 18.9. The lowest BCUT2D eigenvalue weighted by molar-refractivity contribution is -0.149. The van der Waals surface area contributed by atoms with Gasteiger partial charge >= 0.3 is 0 Å². The zero-order valence-corrected chi connectivity index (χ0v) is 16.7. The molecule has 1 unspecified atom stereocenters. The van der Waals surface area contributed by atoms with Crippen LogP contribution in [-0.2, 0) is 24.3 Å². The third-order valence-electron chi connectivity index (χ3n) is 5.64. The van der Waals surface area contributed by atoms with E-state index in [0.717, 1.165) is 55.3 Å². The average Bonchev–Trinajstić information content (AvgIpc) is 3.06. The molecule has 1 fully saturated rings. The minimum atomic E-state index is 0.283. The van der Waals surface area contributed by atoms with Gasteiger partial charge in [-0.25, -0.2) is 9.67 Å². The minimum absolute atomic E-state index is 0.283. The molecule has 8 heteroatoms. The number of hydrogen-bond donors (Lipinski definition) is 0. The highest BCUT2D eigenvalue weighted by atomic mass is 16.5. The van der Waals surface area contributed by atoms with Crippen molar-refractivity contribution in [1.82, 2.24) is 29.9 Å². The van der Waals surface area contributed by atoms with E-state index < -0.39 is 0 Å². The van der Waals surface area contributed by atoms with Crippen molar-refractivity contribution in [2.24, 2.45) is 0 Å². The molecule has 1 atom stereocenters. The van der Waals surface area contributed by atoms with Gasteiger partial charge in [-0.15, -0.1) is 5.10 Å². The van der Waals surface area contributed by atoms with Crippen LogP contribution in [0, 0.1) is 13.8 Å². The minimum Gasteiger partial charge on any atom is -0.471 e. The van der Waals surface area contributed by atoms with Crippen molar-refractivity contribution in [2.45, 2.75) is 46.1 Å². The molecule has 0 bridgehead atoms. The van der Waals surface area contributed by atoms with Crippen LogP contribution in [-0.4, -0.2) is 49.2 Å². The van der Waals surface area contributed by atoms with E-state index in [1.165, 1.54) is 11.1 Å². The SMILES string of the molecule is Cc1ccc(-n2nnc(C)c2COc2cc3c(cn2)CN(C2CCO2)CC3)cn1. The molecule has 5 heterocycles. The number of aromatic nitrogens is 5. The Morgan fingerprint density at radius 3 is 2.83 bits per heavy atom. The van der Waals surface area contributed by atoms with Gasteiger partial charge < -0.3 is 9.47 Å². The van der Waals surface area contributed by atoms with E-state index in [4.69, 9.17) is 9.47 Å². The summed E-state index contributed by atoms with van der Waals surface area (Å²) in [6.07, 6.45) is 6.12. The highest BCUT2D eigenvalue weighted by Crippen LogP contribution is 2.27. The van der Waals surface area contributed by atoms with Gasteiger partial charge in [-0.1, -0.05) is 5.21 Å². The third-order valence-corrected chi connectivity index (χ3v) is 5.64. The fourth-order valence-electron chi connectivity index (χ4n) is 3.75. The summed E-state index contributed by atoms with van der Waals surface area (Å²) < 4.78 is 13.4. The number of pyridine rings is 2. The fraction of sp³-hybridized carbons (Fsp3) is 0.429. The first-order valence-corrected chi connectivity index (χ1v) is 9.98. The standard InChI is InChI=1S/C21H24N6O2/c1-14-3-4-18(11-22-14)27-19(15(2)24-25-27)13-29-20-9-16-5-7-26(21-6-8-28-21)12-17(16)10-23-20/h3-4,9-11,21H,5-8,12-13H2,1-2H3. The largest absolute Gasteiger partial charge is 0.471 e. The molecule has 3 aromatic heterocycles. The Kier molecular flexibility index (Phi) is 4.73. The van der Waals surface area contributed by atoms with E-state index in [-0.39, 0.29) is 6.23 Å². The van der Waals surface area contributed by atoms with E-state index >= 15 is 0 Å². The molecule has 150 valence electrons. The van der Waals surface area contributed by atoms with Crippen molar-refractivity contribution in [3.8, 4) is 11.6 Å². The van der Waals surface area contributed by atoms with E-state index in [1.807, 2.05) is 32.2 Å². The van der Waals surface area contributed by atoms with Crippen LogP contribution >= 0.6 is 0 Å². The second-order valence-corrected chi connectivity index (χ2v) is 7.61. The zero-order valence-electron chi connectivity index (χ0n) is 16.7. The van der Waals surface area contributed by atoms with Crippen molar-refractivity contribution in [2.75, 3.05) is 13.2 Å². The van der Waals surface area contributed by atoms with Gasteiger partial charge in [-0.3, -0.25) is 9.88 Å². The molecule has 0 N–H and O–H groups in total. The zero-order chi connectivity index (χ0) is 19.8. The van der Waals surface area contributed by atoms with Crippen LogP contribution in [0.25, 0.3) is 5.69 Å². The predicted molar refractivity (Wildman–Crippen MR) is 106 cm³/mol. The van der Waals surface area contributed by atoms with Gasteiger partial charge in [-0.2, -0.15) is 0 Å². The van der Waals surface area contributed by atoms with Gasteiger partial charge in [0.25, 0.3) is 0 Å². The Balaban J connectivity index is 1.30. The smallest absolute Gasteiger partial charge is 0.213 e. The van der Waals surface area contributed by atoms with E-state index in [0.29, 0.717) is 12.5 Å². The van der Waals surface area contributed by atoms with Gasteiger partial charge in [0.2, 0.25) is 5.88 Å². The average molecular weight is 392 g/mol. The molecule has 2 aliphatic heterocycles. The lowest BCUT2D eigenvalue weighted by Gasteiger charge is -2.39. The van der Waals surface area contributed by atoms with Crippen LogP contribution in [0.4, 0.5) is 0 Å². The van der Waals surface area contributed by atoms with Crippen LogP contribution in [0.3, 0.4) is 0 Å². The second kappa shape index (κ2) is 7.53. The van der Waals surface area contributed by atoms with E-state index in [9.17, 15) is 0 Å². The van der Waals surface area contributed by atoms with Crippen LogP contribution in [0.15, 0.2) is 30.6 Å². The van der Waals surface area contributed by atoms with Gasteiger partial charge in [-0.05, 0) is 43.5 Å². The van der Waals surface area contributed by atoms with Gasteiger partial charge in [0.1, 0.15) is 18.5 Å². The van der Waals surface area contributed by atoms with Gasteiger partial charge in [0, 0.05) is 37.5 Å². The van der Waals surface area contributed by atoms with E-state index in [1.54, 1.807) is 10.9 Å². The second-order valence-electron chi connectivity index (χ2n) is 7.61. The molecule has 1 saturated heterocycles. The lowest BCUT2D eigenvalue weighted by atomic mass is 10.0.